The molecule has 72 valence electrons. The van der Waals surface area contributed by atoms with Gasteiger partial charge in [0.1, 0.15) is 0 Å². The van der Waals surface area contributed by atoms with Crippen LogP contribution in [0.1, 0.15) is 27.7 Å². The van der Waals surface area contributed by atoms with Crippen LogP contribution in [0.4, 0.5) is 4.79 Å². The van der Waals surface area contributed by atoms with Crippen LogP contribution in [0.2, 0.25) is 0 Å². The van der Waals surface area contributed by atoms with Gasteiger partial charge in [-0.3, -0.25) is 0 Å². The van der Waals surface area contributed by atoms with Crippen molar-refractivity contribution in [3.05, 3.63) is 0 Å². The molecule has 0 aromatic carbocycles. The smallest absolute Gasteiger partial charge is 0.412 e. The Balaban J connectivity index is 3.92. The molecule has 3 nitrogen and oxygen atoms in total. The number of hydrogen-bond donors (Lipinski definition) is 0. The van der Waals surface area contributed by atoms with E-state index in [0.29, 0.717) is 0 Å². The molecular formula is C7H12Cl2O3. The Bertz CT molecular complexity index is 148. The molecule has 0 aliphatic heterocycles. The van der Waals surface area contributed by atoms with Gasteiger partial charge in [-0.15, -0.1) is 0 Å². The molecule has 0 aromatic heterocycles. The summed E-state index contributed by atoms with van der Waals surface area (Å²) in [4.78, 5) is 10.9. The fourth-order valence-electron chi connectivity index (χ4n) is 0.417. The van der Waals surface area contributed by atoms with Gasteiger partial charge in [0.15, 0.2) is 10.1 Å². The molecule has 0 rings (SSSR count). The summed E-state index contributed by atoms with van der Waals surface area (Å²) >= 11 is 11.2. The summed E-state index contributed by atoms with van der Waals surface area (Å²) in [6, 6.07) is 0. The van der Waals surface area contributed by atoms with E-state index < -0.39 is 16.3 Å². The Labute approximate surface area is 81.9 Å². The average molecular weight is 215 g/mol. The molecule has 0 fully saturated rings. The predicted octanol–water partition coefficient (Wildman–Crippen LogP) is 3.09. The Hall–Kier alpha value is -0.150. The zero-order valence-electron chi connectivity index (χ0n) is 7.48. The Morgan fingerprint density at radius 2 is 1.25 bits per heavy atom. The molecule has 12 heavy (non-hydrogen) atoms. The zero-order chi connectivity index (χ0) is 9.99. The summed E-state index contributed by atoms with van der Waals surface area (Å²) in [6.07, 6.45) is -0.880. The third-order valence-electron chi connectivity index (χ3n) is 0.652. The van der Waals surface area contributed by atoms with E-state index in [2.05, 4.69) is 9.47 Å². The van der Waals surface area contributed by atoms with Crippen molar-refractivity contribution in [2.24, 2.45) is 0 Å². The lowest BCUT2D eigenvalue weighted by molar-refractivity contribution is -0.00790. The molecule has 5 heteroatoms. The molecule has 0 spiro atoms. The predicted molar refractivity (Wildman–Crippen MR) is 47.4 cm³/mol. The molecule has 0 radical (unpaired) electrons. The third-order valence-corrected chi connectivity index (χ3v) is 0.806. The number of ether oxygens (including phenoxy) is 2. The van der Waals surface area contributed by atoms with Crippen molar-refractivity contribution in [3.8, 4) is 0 Å². The molecule has 0 bridgehead atoms. The number of halogens is 2. The zero-order valence-corrected chi connectivity index (χ0v) is 8.99. The van der Waals surface area contributed by atoms with E-state index in [4.69, 9.17) is 23.2 Å². The van der Waals surface area contributed by atoms with Gasteiger partial charge in [0.2, 0.25) is 0 Å². The highest BCUT2D eigenvalue weighted by molar-refractivity contribution is 6.23. The molecule has 0 N–H and O–H groups in total. The van der Waals surface area contributed by atoms with Gasteiger partial charge in [-0.1, -0.05) is 23.2 Å². The van der Waals surface area contributed by atoms with E-state index in [9.17, 15) is 4.79 Å². The minimum atomic E-state index is -1.07. The third kappa shape index (κ3) is 7.95. The van der Waals surface area contributed by atoms with E-state index in [0.717, 1.165) is 0 Å². The van der Waals surface area contributed by atoms with Crippen molar-refractivity contribution in [2.75, 3.05) is 0 Å². The fraction of sp³-hybridized carbons (Fsp3) is 0.857. The van der Waals surface area contributed by atoms with Gasteiger partial charge in [0.05, 0.1) is 0 Å². The maximum Gasteiger partial charge on any atom is 0.511 e. The highest BCUT2D eigenvalue weighted by Gasteiger charge is 2.25. The molecule has 0 atom stereocenters. The largest absolute Gasteiger partial charge is 0.511 e. The first-order valence-corrected chi connectivity index (χ1v) is 4.15. The van der Waals surface area contributed by atoms with Gasteiger partial charge in [-0.2, -0.15) is 0 Å². The molecule has 0 aliphatic rings. The van der Waals surface area contributed by atoms with Gasteiger partial charge in [-0.05, 0) is 27.7 Å². The lowest BCUT2D eigenvalue weighted by atomic mass is 10.5. The summed E-state index contributed by atoms with van der Waals surface area (Å²) in [7, 11) is 0. The van der Waals surface area contributed by atoms with E-state index >= 15 is 0 Å². The second kappa shape index (κ2) is 3.71. The molecular weight excluding hydrogens is 203 g/mol. The summed E-state index contributed by atoms with van der Waals surface area (Å²) in [5, 5.41) is -2.14. The Morgan fingerprint density at radius 3 is 1.42 bits per heavy atom. The molecule has 0 unspecified atom stereocenters. The first-order valence-electron chi connectivity index (χ1n) is 3.40. The van der Waals surface area contributed by atoms with Crippen LogP contribution >= 0.6 is 23.2 Å². The van der Waals surface area contributed by atoms with Crippen molar-refractivity contribution in [1.29, 1.82) is 0 Å². The summed E-state index contributed by atoms with van der Waals surface area (Å²) in [6.45, 7) is 6.10. The van der Waals surface area contributed by atoms with Crippen molar-refractivity contribution < 1.29 is 14.3 Å². The Kier molecular flexibility index (Phi) is 3.66. The molecule has 0 saturated heterocycles. The van der Waals surface area contributed by atoms with Crippen LogP contribution in [-0.4, -0.2) is 16.3 Å². The molecule has 0 aliphatic carbocycles. The van der Waals surface area contributed by atoms with Crippen molar-refractivity contribution >= 4 is 29.4 Å². The van der Waals surface area contributed by atoms with Gasteiger partial charge in [0.25, 0.3) is 0 Å². The van der Waals surface area contributed by atoms with Crippen molar-refractivity contribution in [3.63, 3.8) is 0 Å². The van der Waals surface area contributed by atoms with E-state index in [1.807, 2.05) is 0 Å². The minimum Gasteiger partial charge on any atom is -0.412 e. The van der Waals surface area contributed by atoms with E-state index in [1.165, 1.54) is 27.7 Å². The van der Waals surface area contributed by atoms with Crippen LogP contribution in [0, 0.1) is 0 Å². The molecule has 0 saturated carbocycles. The fourth-order valence-corrected chi connectivity index (χ4v) is 0.543. The maximum atomic E-state index is 10.9. The minimum absolute atomic E-state index is 0.880. The molecule has 0 heterocycles. The standard InChI is InChI=1S/C7H12Cl2O3/c1-6(2,8)11-5(10)12-7(3,4)9/h1-4H3. The lowest BCUT2D eigenvalue weighted by Crippen LogP contribution is -2.27. The molecule has 0 aromatic rings. The van der Waals surface area contributed by atoms with Crippen molar-refractivity contribution in [2.45, 2.75) is 37.8 Å². The second-order valence-electron chi connectivity index (χ2n) is 3.18. The number of carbonyl (C=O) groups is 1. The van der Waals surface area contributed by atoms with Crippen LogP contribution < -0.4 is 0 Å². The topological polar surface area (TPSA) is 35.5 Å². The molecule has 0 amide bonds. The number of hydrogen-bond acceptors (Lipinski definition) is 3. The van der Waals surface area contributed by atoms with Crippen LogP contribution in [0.3, 0.4) is 0 Å². The van der Waals surface area contributed by atoms with E-state index in [-0.39, 0.29) is 0 Å². The van der Waals surface area contributed by atoms with Gasteiger partial charge >= 0.3 is 6.16 Å². The maximum absolute atomic E-state index is 10.9. The summed E-state index contributed by atoms with van der Waals surface area (Å²) in [5.41, 5.74) is 0. The highest BCUT2D eigenvalue weighted by atomic mass is 35.5. The summed E-state index contributed by atoms with van der Waals surface area (Å²) < 4.78 is 9.27. The quantitative estimate of drug-likeness (QED) is 0.524. The first-order chi connectivity index (χ1) is 5.10. The normalized spacial score (nSPS) is 12.5. The van der Waals surface area contributed by atoms with Crippen LogP contribution in [-0.2, 0) is 9.47 Å². The highest BCUT2D eigenvalue weighted by Crippen LogP contribution is 2.20. The average Bonchev–Trinajstić information content (AvgIpc) is 1.49. The second-order valence-corrected chi connectivity index (χ2v) is 5.00. The van der Waals surface area contributed by atoms with Gasteiger partial charge < -0.3 is 9.47 Å². The number of rotatable bonds is 2. The van der Waals surface area contributed by atoms with Gasteiger partial charge in [0, 0.05) is 0 Å². The van der Waals surface area contributed by atoms with E-state index in [1.54, 1.807) is 0 Å². The SMILES string of the molecule is CC(C)(Cl)OC(=O)OC(C)(C)Cl. The Morgan fingerprint density at radius 1 is 1.00 bits per heavy atom. The monoisotopic (exact) mass is 214 g/mol. The van der Waals surface area contributed by atoms with Crippen LogP contribution in [0.15, 0.2) is 0 Å². The summed E-state index contributed by atoms with van der Waals surface area (Å²) in [5.74, 6) is 0. The van der Waals surface area contributed by atoms with Gasteiger partial charge in [-0.25, -0.2) is 4.79 Å². The van der Waals surface area contributed by atoms with Crippen molar-refractivity contribution in [1.82, 2.24) is 0 Å². The van der Waals surface area contributed by atoms with Crippen LogP contribution in [0.5, 0.6) is 0 Å². The number of alkyl halides is 2. The first kappa shape index (κ1) is 11.8. The lowest BCUT2D eigenvalue weighted by Gasteiger charge is -2.21. The van der Waals surface area contributed by atoms with Crippen LogP contribution in [0.25, 0.3) is 0 Å². The number of carbonyl (C=O) groups excluding carboxylic acids is 1.